The van der Waals surface area contributed by atoms with E-state index in [-0.39, 0.29) is 0 Å². The van der Waals surface area contributed by atoms with E-state index in [0.717, 1.165) is 6.54 Å². The van der Waals surface area contributed by atoms with Gasteiger partial charge in [-0.1, -0.05) is 0 Å². The lowest BCUT2D eigenvalue weighted by Crippen LogP contribution is -2.31. The molecule has 12 heavy (non-hydrogen) atoms. The first-order valence-electron chi connectivity index (χ1n) is 4.54. The summed E-state index contributed by atoms with van der Waals surface area (Å²) < 4.78 is 0. The van der Waals surface area contributed by atoms with Crippen molar-refractivity contribution in [2.75, 3.05) is 39.2 Å². The molecule has 1 unspecified atom stereocenters. The molecule has 0 radical (unpaired) electrons. The van der Waals surface area contributed by atoms with Gasteiger partial charge in [-0.15, -0.1) is 0 Å². The lowest BCUT2D eigenvalue weighted by Gasteiger charge is -2.16. The molecule has 0 saturated carbocycles. The Morgan fingerprint density at radius 1 is 1.42 bits per heavy atom. The highest BCUT2D eigenvalue weighted by atomic mass is 32.2. The first-order valence-corrected chi connectivity index (χ1v) is 5.93. The quantitative estimate of drug-likeness (QED) is 0.609. The van der Waals surface area contributed by atoms with Gasteiger partial charge >= 0.3 is 0 Å². The van der Waals surface area contributed by atoms with Crippen LogP contribution in [-0.2, 0) is 0 Å². The number of thioether (sulfide) groups is 1. The summed E-state index contributed by atoms with van der Waals surface area (Å²) in [5.41, 5.74) is 0. The molecular formula is C9H22N2S. The average Bonchev–Trinajstić information content (AvgIpc) is 2.01. The number of hydrogen-bond donors (Lipinski definition) is 1. The second-order valence-corrected chi connectivity index (χ2v) is 4.43. The van der Waals surface area contributed by atoms with Gasteiger partial charge < -0.3 is 10.2 Å². The predicted molar refractivity (Wildman–Crippen MR) is 59.0 cm³/mol. The van der Waals surface area contributed by atoms with Crippen molar-refractivity contribution < 1.29 is 0 Å². The van der Waals surface area contributed by atoms with E-state index in [9.17, 15) is 0 Å². The molecule has 1 N–H and O–H groups in total. The Morgan fingerprint density at radius 3 is 2.58 bits per heavy atom. The van der Waals surface area contributed by atoms with E-state index in [0.29, 0.717) is 6.04 Å². The number of nitrogens with zero attached hydrogens (tertiary/aromatic N) is 1. The van der Waals surface area contributed by atoms with Gasteiger partial charge in [0.2, 0.25) is 0 Å². The van der Waals surface area contributed by atoms with Gasteiger partial charge in [0.25, 0.3) is 0 Å². The Morgan fingerprint density at radius 2 is 2.08 bits per heavy atom. The maximum absolute atomic E-state index is 3.49. The Kier molecular flexibility index (Phi) is 8.07. The van der Waals surface area contributed by atoms with Crippen LogP contribution in [0.3, 0.4) is 0 Å². The zero-order chi connectivity index (χ0) is 9.40. The minimum atomic E-state index is 0.652. The summed E-state index contributed by atoms with van der Waals surface area (Å²) in [6.45, 7) is 4.56. The summed E-state index contributed by atoms with van der Waals surface area (Å²) in [7, 11) is 4.24. The summed E-state index contributed by atoms with van der Waals surface area (Å²) in [6.07, 6.45) is 3.38. The molecule has 0 saturated heterocycles. The van der Waals surface area contributed by atoms with Gasteiger partial charge in [-0.05, 0) is 40.2 Å². The maximum Gasteiger partial charge on any atom is 0.00554 e. The molecule has 3 heteroatoms. The molecule has 0 aromatic carbocycles. The summed E-state index contributed by atoms with van der Waals surface area (Å²) in [6, 6.07) is 0.652. The van der Waals surface area contributed by atoms with Crippen LogP contribution in [-0.4, -0.2) is 50.1 Å². The van der Waals surface area contributed by atoms with E-state index >= 15 is 0 Å². The molecule has 0 aliphatic rings. The van der Waals surface area contributed by atoms with E-state index < -0.39 is 0 Å². The van der Waals surface area contributed by atoms with E-state index in [1.807, 2.05) is 11.8 Å². The van der Waals surface area contributed by atoms with Crippen molar-refractivity contribution in [3.05, 3.63) is 0 Å². The van der Waals surface area contributed by atoms with Crippen LogP contribution in [0.25, 0.3) is 0 Å². The molecule has 0 aromatic rings. The van der Waals surface area contributed by atoms with Crippen molar-refractivity contribution in [2.45, 2.75) is 19.4 Å². The van der Waals surface area contributed by atoms with Gasteiger partial charge in [-0.3, -0.25) is 0 Å². The Balaban J connectivity index is 3.15. The summed E-state index contributed by atoms with van der Waals surface area (Å²) in [5.74, 6) is 1.21. The highest BCUT2D eigenvalue weighted by Gasteiger charge is 2.00. The molecule has 0 aliphatic heterocycles. The monoisotopic (exact) mass is 190 g/mol. The first kappa shape index (κ1) is 12.3. The van der Waals surface area contributed by atoms with Crippen LogP contribution in [0.15, 0.2) is 0 Å². The smallest absolute Gasteiger partial charge is 0.00554 e. The average molecular weight is 190 g/mol. The van der Waals surface area contributed by atoms with E-state index in [4.69, 9.17) is 0 Å². The fourth-order valence-electron chi connectivity index (χ4n) is 0.961. The van der Waals surface area contributed by atoms with Crippen LogP contribution in [0, 0.1) is 0 Å². The van der Waals surface area contributed by atoms with E-state index in [1.165, 1.54) is 18.7 Å². The fourth-order valence-corrected chi connectivity index (χ4v) is 1.28. The molecule has 0 spiro atoms. The molecule has 0 fully saturated rings. The molecule has 0 heterocycles. The third kappa shape index (κ3) is 8.37. The Labute approximate surface area is 81.1 Å². The largest absolute Gasteiger partial charge is 0.313 e. The van der Waals surface area contributed by atoms with Crippen molar-refractivity contribution in [1.29, 1.82) is 0 Å². The molecule has 2 nitrogen and oxygen atoms in total. The SMILES string of the molecule is CSCCNC(C)CCN(C)C. The van der Waals surface area contributed by atoms with Gasteiger partial charge in [0.15, 0.2) is 0 Å². The zero-order valence-electron chi connectivity index (χ0n) is 8.76. The Hall–Kier alpha value is 0.270. The van der Waals surface area contributed by atoms with Crippen molar-refractivity contribution >= 4 is 11.8 Å². The third-order valence-electron chi connectivity index (χ3n) is 1.81. The van der Waals surface area contributed by atoms with Crippen LogP contribution in [0.1, 0.15) is 13.3 Å². The van der Waals surface area contributed by atoms with Crippen LogP contribution < -0.4 is 5.32 Å². The Bertz CT molecular complexity index is 96.5. The van der Waals surface area contributed by atoms with Gasteiger partial charge in [-0.2, -0.15) is 11.8 Å². The topological polar surface area (TPSA) is 15.3 Å². The van der Waals surface area contributed by atoms with Gasteiger partial charge in [0.05, 0.1) is 0 Å². The molecular weight excluding hydrogens is 168 g/mol. The van der Waals surface area contributed by atoms with Crippen LogP contribution in [0.2, 0.25) is 0 Å². The molecule has 0 aliphatic carbocycles. The minimum Gasteiger partial charge on any atom is -0.313 e. The predicted octanol–water partition coefficient (Wildman–Crippen LogP) is 1.28. The molecule has 0 aromatic heterocycles. The lowest BCUT2D eigenvalue weighted by molar-refractivity contribution is 0.369. The van der Waals surface area contributed by atoms with Crippen LogP contribution >= 0.6 is 11.8 Å². The van der Waals surface area contributed by atoms with Crippen molar-refractivity contribution in [1.82, 2.24) is 10.2 Å². The van der Waals surface area contributed by atoms with Crippen LogP contribution in [0.4, 0.5) is 0 Å². The minimum absolute atomic E-state index is 0.652. The lowest BCUT2D eigenvalue weighted by atomic mass is 10.2. The molecule has 74 valence electrons. The summed E-state index contributed by atoms with van der Waals surface area (Å²) in [4.78, 5) is 2.23. The van der Waals surface area contributed by atoms with Crippen molar-refractivity contribution in [3.63, 3.8) is 0 Å². The van der Waals surface area contributed by atoms with Crippen molar-refractivity contribution in [3.8, 4) is 0 Å². The molecule has 1 atom stereocenters. The normalized spacial score (nSPS) is 13.8. The summed E-state index contributed by atoms with van der Waals surface area (Å²) >= 11 is 1.90. The van der Waals surface area contributed by atoms with E-state index in [2.05, 4.69) is 37.5 Å². The highest BCUT2D eigenvalue weighted by molar-refractivity contribution is 7.98. The maximum atomic E-state index is 3.49. The van der Waals surface area contributed by atoms with Gasteiger partial charge in [0.1, 0.15) is 0 Å². The molecule has 0 amide bonds. The summed E-state index contributed by atoms with van der Waals surface area (Å²) in [5, 5.41) is 3.49. The second-order valence-electron chi connectivity index (χ2n) is 3.44. The number of rotatable bonds is 7. The van der Waals surface area contributed by atoms with E-state index in [1.54, 1.807) is 0 Å². The molecule has 0 bridgehead atoms. The fraction of sp³-hybridized carbons (Fsp3) is 1.00. The van der Waals surface area contributed by atoms with Crippen LogP contribution in [0.5, 0.6) is 0 Å². The number of nitrogens with one attached hydrogen (secondary N) is 1. The first-order chi connectivity index (χ1) is 5.66. The number of hydrogen-bond acceptors (Lipinski definition) is 3. The van der Waals surface area contributed by atoms with Crippen molar-refractivity contribution in [2.24, 2.45) is 0 Å². The molecule has 0 rings (SSSR count). The standard InChI is InChI=1S/C9H22N2S/c1-9(5-7-11(2)3)10-6-8-12-4/h9-10H,5-8H2,1-4H3. The highest BCUT2D eigenvalue weighted by Crippen LogP contribution is 1.93. The third-order valence-corrected chi connectivity index (χ3v) is 2.42. The zero-order valence-corrected chi connectivity index (χ0v) is 9.58. The van der Waals surface area contributed by atoms with Gasteiger partial charge in [0, 0.05) is 18.3 Å². The van der Waals surface area contributed by atoms with Gasteiger partial charge in [-0.25, -0.2) is 0 Å². The second kappa shape index (κ2) is 7.90.